The number of alkyl halides is 3. The number of anilines is 1. The molecule has 136 valence electrons. The number of amides is 1. The molecule has 0 atom stereocenters. The Morgan fingerprint density at radius 1 is 1.23 bits per heavy atom. The molecule has 0 radical (unpaired) electrons. The number of carbonyl (C=O) groups is 1. The minimum Gasteiger partial charge on any atom is -0.421 e. The van der Waals surface area contributed by atoms with Crippen LogP contribution in [0, 0.1) is 6.92 Å². The first kappa shape index (κ1) is 18.0. The molecule has 0 fully saturated rings. The van der Waals surface area contributed by atoms with Gasteiger partial charge in [0.15, 0.2) is 0 Å². The smallest absolute Gasteiger partial charge is 0.416 e. The van der Waals surface area contributed by atoms with E-state index in [-0.39, 0.29) is 36.1 Å². The van der Waals surface area contributed by atoms with Crippen LogP contribution in [-0.4, -0.2) is 26.3 Å². The average molecular weight is 383 g/mol. The summed E-state index contributed by atoms with van der Waals surface area (Å²) in [6.45, 7) is 1.76. The van der Waals surface area contributed by atoms with E-state index in [0.29, 0.717) is 5.13 Å². The van der Waals surface area contributed by atoms with Gasteiger partial charge < -0.3 is 9.73 Å². The van der Waals surface area contributed by atoms with Gasteiger partial charge in [0.2, 0.25) is 22.8 Å². The Bertz CT molecular complexity index is 922. The molecular weight excluding hydrogens is 371 g/mol. The standard InChI is InChI=1S/C15H12F3N5O2S/c1-8-20-23-14(26-8)19-11(24)5-6-12-21-22-13(25-12)9-3-2-4-10(7-9)15(16,17)18/h2-4,7H,5-6H2,1H3,(H,19,23,24). The summed E-state index contributed by atoms with van der Waals surface area (Å²) >= 11 is 1.24. The molecule has 1 amide bonds. The van der Waals surface area contributed by atoms with E-state index in [4.69, 9.17) is 4.42 Å². The van der Waals surface area contributed by atoms with Gasteiger partial charge in [0.25, 0.3) is 0 Å². The molecule has 26 heavy (non-hydrogen) atoms. The minimum atomic E-state index is -4.46. The highest BCUT2D eigenvalue weighted by molar-refractivity contribution is 7.15. The van der Waals surface area contributed by atoms with Gasteiger partial charge in [0.1, 0.15) is 5.01 Å². The third-order valence-corrected chi connectivity index (χ3v) is 4.00. The van der Waals surface area contributed by atoms with E-state index in [1.165, 1.54) is 23.5 Å². The first-order valence-corrected chi connectivity index (χ1v) is 8.23. The Hall–Kier alpha value is -2.82. The van der Waals surface area contributed by atoms with E-state index < -0.39 is 11.7 Å². The fourth-order valence-corrected chi connectivity index (χ4v) is 2.66. The number of benzene rings is 1. The van der Waals surface area contributed by atoms with E-state index in [1.54, 1.807) is 6.92 Å². The van der Waals surface area contributed by atoms with Crippen LogP contribution in [0.3, 0.4) is 0 Å². The lowest BCUT2D eigenvalue weighted by molar-refractivity contribution is -0.137. The molecule has 0 unspecified atom stereocenters. The van der Waals surface area contributed by atoms with E-state index in [1.807, 2.05) is 0 Å². The second-order valence-corrected chi connectivity index (χ2v) is 6.44. The number of aryl methyl sites for hydroxylation is 2. The van der Waals surface area contributed by atoms with Gasteiger partial charge >= 0.3 is 6.18 Å². The van der Waals surface area contributed by atoms with Crippen LogP contribution in [0.25, 0.3) is 11.5 Å². The molecule has 7 nitrogen and oxygen atoms in total. The largest absolute Gasteiger partial charge is 0.421 e. The second kappa shape index (κ2) is 7.20. The van der Waals surface area contributed by atoms with Gasteiger partial charge in [-0.1, -0.05) is 17.4 Å². The predicted octanol–water partition coefficient (Wildman–Crippen LogP) is 3.49. The first-order chi connectivity index (χ1) is 12.3. The van der Waals surface area contributed by atoms with Gasteiger partial charge in [-0.05, 0) is 25.1 Å². The highest BCUT2D eigenvalue weighted by Crippen LogP contribution is 2.31. The summed E-state index contributed by atoms with van der Waals surface area (Å²) in [6, 6.07) is 4.60. The fourth-order valence-electron chi connectivity index (χ4n) is 2.05. The summed E-state index contributed by atoms with van der Waals surface area (Å²) < 4.78 is 43.6. The van der Waals surface area contributed by atoms with Crippen molar-refractivity contribution in [1.82, 2.24) is 20.4 Å². The van der Waals surface area contributed by atoms with Crippen LogP contribution in [0.2, 0.25) is 0 Å². The van der Waals surface area contributed by atoms with Crippen LogP contribution < -0.4 is 5.32 Å². The quantitative estimate of drug-likeness (QED) is 0.725. The van der Waals surface area contributed by atoms with Gasteiger partial charge in [0, 0.05) is 18.4 Å². The van der Waals surface area contributed by atoms with Crippen LogP contribution in [0.1, 0.15) is 22.9 Å². The Kier molecular flexibility index (Phi) is 4.98. The number of nitrogens with one attached hydrogen (secondary N) is 1. The fraction of sp³-hybridized carbons (Fsp3) is 0.267. The zero-order chi connectivity index (χ0) is 18.7. The Morgan fingerprint density at radius 2 is 2.04 bits per heavy atom. The molecule has 0 saturated heterocycles. The number of halogens is 3. The number of carbonyl (C=O) groups excluding carboxylic acids is 1. The second-order valence-electron chi connectivity index (χ2n) is 5.25. The minimum absolute atomic E-state index is 0.0359. The van der Waals surface area contributed by atoms with Crippen molar-refractivity contribution < 1.29 is 22.4 Å². The van der Waals surface area contributed by atoms with Crippen molar-refractivity contribution in [3.05, 3.63) is 40.7 Å². The van der Waals surface area contributed by atoms with Gasteiger partial charge in [-0.3, -0.25) is 4.79 Å². The topological polar surface area (TPSA) is 93.8 Å². The number of rotatable bonds is 5. The maximum Gasteiger partial charge on any atom is 0.416 e. The summed E-state index contributed by atoms with van der Waals surface area (Å²) in [7, 11) is 0. The lowest BCUT2D eigenvalue weighted by Gasteiger charge is -2.06. The highest BCUT2D eigenvalue weighted by atomic mass is 32.1. The number of aromatic nitrogens is 4. The summed E-state index contributed by atoms with van der Waals surface area (Å²) in [6.07, 6.45) is -4.25. The van der Waals surface area contributed by atoms with E-state index in [9.17, 15) is 18.0 Å². The molecule has 0 aliphatic heterocycles. The van der Waals surface area contributed by atoms with Crippen molar-refractivity contribution in [2.24, 2.45) is 0 Å². The van der Waals surface area contributed by atoms with Crippen molar-refractivity contribution in [2.75, 3.05) is 5.32 Å². The Balaban J connectivity index is 1.62. The van der Waals surface area contributed by atoms with Crippen LogP contribution in [0.15, 0.2) is 28.7 Å². The summed E-state index contributed by atoms with van der Waals surface area (Å²) in [5.74, 6) is -0.188. The lowest BCUT2D eigenvalue weighted by atomic mass is 10.1. The van der Waals surface area contributed by atoms with Crippen LogP contribution in [0.4, 0.5) is 18.3 Å². The van der Waals surface area contributed by atoms with Crippen LogP contribution in [0.5, 0.6) is 0 Å². The number of hydrogen-bond donors (Lipinski definition) is 1. The molecular formula is C15H12F3N5O2S. The molecule has 1 aromatic carbocycles. The van der Waals surface area contributed by atoms with Crippen molar-refractivity contribution in [3.63, 3.8) is 0 Å². The summed E-state index contributed by atoms with van der Waals surface area (Å²) in [5, 5.41) is 18.8. The molecule has 0 bridgehead atoms. The average Bonchev–Trinajstić information content (AvgIpc) is 3.21. The maximum atomic E-state index is 12.8. The summed E-state index contributed by atoms with van der Waals surface area (Å²) in [4.78, 5) is 11.8. The van der Waals surface area contributed by atoms with Gasteiger partial charge in [-0.15, -0.1) is 20.4 Å². The summed E-state index contributed by atoms with van der Waals surface area (Å²) in [5.41, 5.74) is -0.645. The third-order valence-electron chi connectivity index (χ3n) is 3.24. The van der Waals surface area contributed by atoms with Crippen molar-refractivity contribution in [1.29, 1.82) is 0 Å². The van der Waals surface area contributed by atoms with E-state index >= 15 is 0 Å². The monoisotopic (exact) mass is 383 g/mol. The molecule has 0 aliphatic carbocycles. The van der Waals surface area contributed by atoms with Crippen molar-refractivity contribution in [2.45, 2.75) is 25.9 Å². The molecule has 1 N–H and O–H groups in total. The van der Waals surface area contributed by atoms with E-state index in [0.717, 1.165) is 17.1 Å². The SMILES string of the molecule is Cc1nnc(NC(=O)CCc2nnc(-c3cccc(C(F)(F)F)c3)o2)s1. The molecule has 0 aliphatic rings. The highest BCUT2D eigenvalue weighted by Gasteiger charge is 2.30. The molecule has 3 aromatic rings. The first-order valence-electron chi connectivity index (χ1n) is 7.41. The van der Waals surface area contributed by atoms with Gasteiger partial charge in [-0.2, -0.15) is 13.2 Å². The third kappa shape index (κ3) is 4.42. The zero-order valence-electron chi connectivity index (χ0n) is 13.4. The van der Waals surface area contributed by atoms with Crippen molar-refractivity contribution in [3.8, 4) is 11.5 Å². The molecule has 2 aromatic heterocycles. The lowest BCUT2D eigenvalue weighted by Crippen LogP contribution is -2.12. The van der Waals surface area contributed by atoms with Gasteiger partial charge in [0.05, 0.1) is 5.56 Å². The Labute approximate surface area is 149 Å². The molecule has 2 heterocycles. The molecule has 3 rings (SSSR count). The molecule has 11 heteroatoms. The van der Waals surface area contributed by atoms with Crippen LogP contribution >= 0.6 is 11.3 Å². The Morgan fingerprint density at radius 3 is 2.73 bits per heavy atom. The van der Waals surface area contributed by atoms with E-state index in [2.05, 4.69) is 25.7 Å². The predicted molar refractivity (Wildman–Crippen MR) is 86.3 cm³/mol. The van der Waals surface area contributed by atoms with Crippen LogP contribution in [-0.2, 0) is 17.4 Å². The van der Waals surface area contributed by atoms with Gasteiger partial charge in [-0.25, -0.2) is 0 Å². The molecule has 0 saturated carbocycles. The number of nitrogens with zero attached hydrogens (tertiary/aromatic N) is 4. The van der Waals surface area contributed by atoms with Crippen molar-refractivity contribution >= 4 is 22.4 Å². The zero-order valence-corrected chi connectivity index (χ0v) is 14.2. The molecule has 0 spiro atoms. The number of hydrogen-bond acceptors (Lipinski definition) is 7. The normalized spacial score (nSPS) is 11.5. The maximum absolute atomic E-state index is 12.8.